The molecule has 2 aromatic rings. The molecule has 5 nitrogen and oxygen atoms in total. The number of aliphatic hydroxyl groups excluding tert-OH is 1. The van der Waals surface area contributed by atoms with Gasteiger partial charge in [0.1, 0.15) is 0 Å². The maximum absolute atomic E-state index is 13.3. The van der Waals surface area contributed by atoms with E-state index in [1.165, 1.54) is 4.90 Å². The van der Waals surface area contributed by atoms with Gasteiger partial charge in [-0.05, 0) is 50.6 Å². The van der Waals surface area contributed by atoms with Crippen molar-refractivity contribution in [2.75, 3.05) is 22.9 Å². The van der Waals surface area contributed by atoms with Crippen LogP contribution in [0, 0.1) is 12.3 Å². The average molecular weight is 421 g/mol. The van der Waals surface area contributed by atoms with E-state index in [4.69, 9.17) is 0 Å². The lowest BCUT2D eigenvalue weighted by Crippen LogP contribution is -2.33. The maximum atomic E-state index is 13.3. The van der Waals surface area contributed by atoms with E-state index in [0.29, 0.717) is 5.69 Å². The molecule has 2 aromatic carbocycles. The topological polar surface area (TPSA) is 60.9 Å². The normalized spacial score (nSPS) is 16.8. The van der Waals surface area contributed by atoms with E-state index >= 15 is 0 Å². The van der Waals surface area contributed by atoms with Gasteiger partial charge >= 0.3 is 0 Å². The van der Waals surface area contributed by atoms with Gasteiger partial charge in [0, 0.05) is 29.9 Å². The van der Waals surface area contributed by atoms with Crippen LogP contribution < -0.4 is 9.80 Å². The lowest BCUT2D eigenvalue weighted by atomic mass is 9.82. The average Bonchev–Trinajstić information content (AvgIpc) is 2.99. The third-order valence-electron chi connectivity index (χ3n) is 5.75. The van der Waals surface area contributed by atoms with Crippen LogP contribution in [-0.2, 0) is 9.59 Å². The first-order valence-corrected chi connectivity index (χ1v) is 10.8. The van der Waals surface area contributed by atoms with Crippen LogP contribution in [0.3, 0.4) is 0 Å². The molecule has 0 fully saturated rings. The molecule has 0 saturated carbocycles. The van der Waals surface area contributed by atoms with Crippen molar-refractivity contribution in [3.8, 4) is 0 Å². The number of carbonyl (C=O) groups excluding carboxylic acids is 2. The Balaban J connectivity index is 2.13. The van der Waals surface area contributed by atoms with Crippen molar-refractivity contribution in [2.45, 2.75) is 47.6 Å². The van der Waals surface area contributed by atoms with Crippen LogP contribution in [-0.4, -0.2) is 29.9 Å². The van der Waals surface area contributed by atoms with Crippen LogP contribution in [0.2, 0.25) is 0 Å². The minimum Gasteiger partial charge on any atom is -0.503 e. The molecule has 0 radical (unpaired) electrons. The second-order valence-electron chi connectivity index (χ2n) is 9.02. The highest BCUT2D eigenvalue weighted by Crippen LogP contribution is 2.43. The quantitative estimate of drug-likeness (QED) is 0.684. The Hall–Kier alpha value is -3.08. The number of aliphatic hydroxyl groups is 1. The van der Waals surface area contributed by atoms with Gasteiger partial charge in [-0.15, -0.1) is 0 Å². The first-order valence-electron chi connectivity index (χ1n) is 10.8. The maximum Gasteiger partial charge on any atom is 0.294 e. The molecule has 1 aliphatic rings. The van der Waals surface area contributed by atoms with Crippen LogP contribution in [0.15, 0.2) is 59.9 Å². The number of benzene rings is 2. The molecule has 0 saturated heterocycles. The summed E-state index contributed by atoms with van der Waals surface area (Å²) in [5.41, 5.74) is 2.98. The van der Waals surface area contributed by atoms with E-state index in [1.807, 2.05) is 55.5 Å². The van der Waals surface area contributed by atoms with E-state index in [2.05, 4.69) is 18.7 Å². The molecule has 0 spiro atoms. The van der Waals surface area contributed by atoms with E-state index < -0.39 is 23.1 Å². The Morgan fingerprint density at radius 1 is 1.06 bits per heavy atom. The van der Waals surface area contributed by atoms with Gasteiger partial charge in [-0.3, -0.25) is 14.5 Å². The molecule has 1 aliphatic heterocycles. The van der Waals surface area contributed by atoms with Crippen molar-refractivity contribution >= 4 is 23.1 Å². The highest BCUT2D eigenvalue weighted by atomic mass is 16.3. The third-order valence-corrected chi connectivity index (χ3v) is 5.75. The summed E-state index contributed by atoms with van der Waals surface area (Å²) in [6.45, 7) is 13.3. The largest absolute Gasteiger partial charge is 0.503 e. The number of nitrogens with zero attached hydrogens (tertiary/aromatic N) is 2. The molecule has 0 bridgehead atoms. The van der Waals surface area contributed by atoms with Crippen molar-refractivity contribution in [3.05, 3.63) is 71.0 Å². The van der Waals surface area contributed by atoms with E-state index in [9.17, 15) is 14.7 Å². The number of hydrogen-bond acceptors (Lipinski definition) is 4. The van der Waals surface area contributed by atoms with Gasteiger partial charge in [-0.1, -0.05) is 50.6 Å². The number of carbonyl (C=O) groups is 2. The Morgan fingerprint density at radius 3 is 2.19 bits per heavy atom. The molecule has 5 heteroatoms. The summed E-state index contributed by atoms with van der Waals surface area (Å²) in [7, 11) is 0. The first-order chi connectivity index (χ1) is 14.6. The van der Waals surface area contributed by atoms with Gasteiger partial charge in [0.05, 0.1) is 11.6 Å². The fourth-order valence-electron chi connectivity index (χ4n) is 4.08. The van der Waals surface area contributed by atoms with Crippen molar-refractivity contribution in [2.24, 2.45) is 5.41 Å². The second-order valence-corrected chi connectivity index (χ2v) is 9.02. The van der Waals surface area contributed by atoms with Gasteiger partial charge < -0.3 is 10.0 Å². The molecule has 164 valence electrons. The minimum absolute atomic E-state index is 0.163. The predicted octanol–water partition coefficient (Wildman–Crippen LogP) is 5.36. The molecule has 31 heavy (non-hydrogen) atoms. The molecule has 1 heterocycles. The molecular weight excluding hydrogens is 388 g/mol. The number of rotatable bonds is 6. The Labute approximate surface area is 185 Å². The zero-order chi connectivity index (χ0) is 22.9. The number of Topliss-reactive ketones (excluding diaryl/α,β-unsaturated/α-hetero) is 1. The first kappa shape index (κ1) is 22.6. The number of hydrogen-bond donors (Lipinski definition) is 1. The summed E-state index contributed by atoms with van der Waals surface area (Å²) >= 11 is 0. The number of amides is 1. The summed E-state index contributed by atoms with van der Waals surface area (Å²) in [4.78, 5) is 30.2. The lowest BCUT2D eigenvalue weighted by Gasteiger charge is -2.29. The zero-order valence-corrected chi connectivity index (χ0v) is 19.3. The number of anilines is 2. The summed E-state index contributed by atoms with van der Waals surface area (Å²) in [6, 6.07) is 14.8. The standard InChI is InChI=1S/C26H32N2O3/c1-7-27(8-2)19-12-14-20(15-13-19)28-22(18-11-9-10-17(3)16-18)21(23(29)25(28)31)24(30)26(4,5)6/h9-16,22,29H,7-8H2,1-6H3. The Morgan fingerprint density at radius 2 is 1.68 bits per heavy atom. The summed E-state index contributed by atoms with van der Waals surface area (Å²) < 4.78 is 0. The SMILES string of the molecule is CCN(CC)c1ccc(N2C(=O)C(O)=C(C(=O)C(C)(C)C)C2c2cccc(C)c2)cc1. The van der Waals surface area contributed by atoms with Crippen molar-refractivity contribution in [3.63, 3.8) is 0 Å². The molecule has 1 unspecified atom stereocenters. The van der Waals surface area contributed by atoms with Crippen LogP contribution in [0.5, 0.6) is 0 Å². The predicted molar refractivity (Wildman–Crippen MR) is 126 cm³/mol. The van der Waals surface area contributed by atoms with Gasteiger partial charge in [0.2, 0.25) is 0 Å². The van der Waals surface area contributed by atoms with Crippen LogP contribution >= 0.6 is 0 Å². The fraction of sp³-hybridized carbons (Fsp3) is 0.385. The molecule has 1 amide bonds. The Bertz CT molecular complexity index is 1010. The van der Waals surface area contributed by atoms with E-state index in [0.717, 1.165) is 29.9 Å². The van der Waals surface area contributed by atoms with E-state index in [-0.39, 0.29) is 11.4 Å². The minimum atomic E-state index is -0.728. The molecule has 1 N–H and O–H groups in total. The monoisotopic (exact) mass is 420 g/mol. The molecule has 0 aromatic heterocycles. The number of aryl methyl sites for hydroxylation is 1. The Kier molecular flexibility index (Phi) is 6.25. The molecule has 1 atom stereocenters. The summed E-state index contributed by atoms with van der Waals surface area (Å²) in [5, 5.41) is 10.8. The van der Waals surface area contributed by atoms with Crippen molar-refractivity contribution in [1.29, 1.82) is 0 Å². The molecule has 0 aliphatic carbocycles. The highest BCUT2D eigenvalue weighted by molar-refractivity contribution is 6.17. The molecular formula is C26H32N2O3. The second kappa shape index (κ2) is 8.58. The third kappa shape index (κ3) is 4.22. The summed E-state index contributed by atoms with van der Waals surface area (Å²) in [6.07, 6.45) is 0. The van der Waals surface area contributed by atoms with Gasteiger partial charge in [-0.25, -0.2) is 0 Å². The smallest absolute Gasteiger partial charge is 0.294 e. The van der Waals surface area contributed by atoms with Crippen molar-refractivity contribution in [1.82, 2.24) is 0 Å². The van der Waals surface area contributed by atoms with Crippen LogP contribution in [0.1, 0.15) is 51.8 Å². The highest BCUT2D eigenvalue weighted by Gasteiger charge is 2.46. The lowest BCUT2D eigenvalue weighted by molar-refractivity contribution is -0.123. The molecule has 3 rings (SSSR count). The van der Waals surface area contributed by atoms with E-state index in [1.54, 1.807) is 20.8 Å². The van der Waals surface area contributed by atoms with Crippen LogP contribution in [0.4, 0.5) is 11.4 Å². The van der Waals surface area contributed by atoms with Gasteiger partial charge in [0.25, 0.3) is 5.91 Å². The van der Waals surface area contributed by atoms with Gasteiger partial charge in [0.15, 0.2) is 11.5 Å². The van der Waals surface area contributed by atoms with Crippen molar-refractivity contribution < 1.29 is 14.7 Å². The summed E-state index contributed by atoms with van der Waals surface area (Å²) in [5.74, 6) is -1.24. The van der Waals surface area contributed by atoms with Gasteiger partial charge in [-0.2, -0.15) is 0 Å². The fourth-order valence-corrected chi connectivity index (χ4v) is 4.08. The zero-order valence-electron chi connectivity index (χ0n) is 19.3. The number of ketones is 1. The van der Waals surface area contributed by atoms with Crippen LogP contribution in [0.25, 0.3) is 0 Å².